The SMILES string of the molecule is CCC(C)c1cncn1C1CC2CCC(C1)N2. The number of rotatable bonds is 3. The summed E-state index contributed by atoms with van der Waals surface area (Å²) in [5.74, 6) is 0.630. The molecule has 1 aromatic heterocycles. The van der Waals surface area contributed by atoms with Gasteiger partial charge >= 0.3 is 0 Å². The summed E-state index contributed by atoms with van der Waals surface area (Å²) >= 11 is 0. The van der Waals surface area contributed by atoms with E-state index in [0.717, 1.165) is 12.1 Å². The maximum atomic E-state index is 4.38. The van der Waals surface area contributed by atoms with E-state index in [0.29, 0.717) is 12.0 Å². The fraction of sp³-hybridized carbons (Fsp3) is 0.786. The number of piperidine rings is 1. The van der Waals surface area contributed by atoms with Crippen molar-refractivity contribution in [3.8, 4) is 0 Å². The molecule has 2 aliphatic rings. The molecule has 0 radical (unpaired) electrons. The van der Waals surface area contributed by atoms with Gasteiger partial charge in [-0.1, -0.05) is 13.8 Å². The molecule has 3 atom stereocenters. The number of hydrogen-bond donors (Lipinski definition) is 1. The zero-order valence-corrected chi connectivity index (χ0v) is 10.9. The number of hydrogen-bond acceptors (Lipinski definition) is 2. The van der Waals surface area contributed by atoms with Crippen LogP contribution < -0.4 is 5.32 Å². The molecule has 2 saturated heterocycles. The van der Waals surface area contributed by atoms with Crippen molar-refractivity contribution in [1.29, 1.82) is 0 Å². The molecule has 0 spiro atoms. The van der Waals surface area contributed by atoms with Crippen LogP contribution in [0, 0.1) is 0 Å². The molecule has 0 amide bonds. The van der Waals surface area contributed by atoms with E-state index in [1.165, 1.54) is 37.8 Å². The molecule has 2 fully saturated rings. The van der Waals surface area contributed by atoms with Gasteiger partial charge in [0.1, 0.15) is 0 Å². The molecular formula is C14H23N3. The van der Waals surface area contributed by atoms with Gasteiger partial charge in [-0.15, -0.1) is 0 Å². The summed E-state index contributed by atoms with van der Waals surface area (Å²) in [5, 5.41) is 3.71. The van der Waals surface area contributed by atoms with Gasteiger partial charge in [0.2, 0.25) is 0 Å². The summed E-state index contributed by atoms with van der Waals surface area (Å²) < 4.78 is 2.46. The van der Waals surface area contributed by atoms with Gasteiger partial charge in [-0.2, -0.15) is 0 Å². The van der Waals surface area contributed by atoms with E-state index in [1.807, 2.05) is 0 Å². The van der Waals surface area contributed by atoms with Gasteiger partial charge in [0, 0.05) is 30.0 Å². The second-order valence-corrected chi connectivity index (χ2v) is 5.80. The number of nitrogens with one attached hydrogen (secondary N) is 1. The Morgan fingerprint density at radius 3 is 2.76 bits per heavy atom. The highest BCUT2D eigenvalue weighted by Gasteiger charge is 2.34. The average molecular weight is 233 g/mol. The third kappa shape index (κ3) is 2.01. The molecule has 0 saturated carbocycles. The van der Waals surface area contributed by atoms with Gasteiger partial charge in [-0.3, -0.25) is 0 Å². The summed E-state index contributed by atoms with van der Waals surface area (Å²) in [6.45, 7) is 4.57. The van der Waals surface area contributed by atoms with Crippen LogP contribution in [-0.4, -0.2) is 21.6 Å². The summed E-state index contributed by atoms with van der Waals surface area (Å²) in [6.07, 6.45) is 10.6. The first-order valence-corrected chi connectivity index (χ1v) is 7.05. The molecule has 3 rings (SSSR count). The lowest BCUT2D eigenvalue weighted by Gasteiger charge is -2.31. The van der Waals surface area contributed by atoms with Crippen LogP contribution in [0.4, 0.5) is 0 Å². The van der Waals surface area contributed by atoms with Crippen molar-refractivity contribution in [3.63, 3.8) is 0 Å². The minimum absolute atomic E-state index is 0.630. The van der Waals surface area contributed by atoms with Crippen LogP contribution in [0.5, 0.6) is 0 Å². The Kier molecular flexibility index (Phi) is 2.95. The molecule has 2 aliphatic heterocycles. The monoisotopic (exact) mass is 233 g/mol. The van der Waals surface area contributed by atoms with Crippen LogP contribution in [0.25, 0.3) is 0 Å². The highest BCUT2D eigenvalue weighted by atomic mass is 15.1. The summed E-state index contributed by atoms with van der Waals surface area (Å²) in [4.78, 5) is 4.38. The normalized spacial score (nSPS) is 33.9. The van der Waals surface area contributed by atoms with Crippen LogP contribution in [0.1, 0.15) is 63.6 Å². The third-order valence-electron chi connectivity index (χ3n) is 4.65. The quantitative estimate of drug-likeness (QED) is 0.870. The van der Waals surface area contributed by atoms with E-state index in [1.54, 1.807) is 0 Å². The first kappa shape index (κ1) is 11.3. The Balaban J connectivity index is 1.82. The predicted molar refractivity (Wildman–Crippen MR) is 69.1 cm³/mol. The van der Waals surface area contributed by atoms with Gasteiger partial charge in [-0.25, -0.2) is 4.98 Å². The standard InChI is InChI=1S/C14H23N3/c1-3-10(2)14-8-15-9-17(14)13-6-11-4-5-12(7-13)16-11/h8-13,16H,3-7H2,1-2H3. The third-order valence-corrected chi connectivity index (χ3v) is 4.65. The van der Waals surface area contributed by atoms with Crippen molar-refractivity contribution in [2.24, 2.45) is 0 Å². The average Bonchev–Trinajstić information content (AvgIpc) is 2.95. The van der Waals surface area contributed by atoms with Crippen molar-refractivity contribution >= 4 is 0 Å². The largest absolute Gasteiger partial charge is 0.331 e. The summed E-state index contributed by atoms with van der Waals surface area (Å²) in [5.41, 5.74) is 1.43. The van der Waals surface area contributed by atoms with Gasteiger partial charge in [0.05, 0.1) is 6.33 Å². The van der Waals surface area contributed by atoms with E-state index in [9.17, 15) is 0 Å². The van der Waals surface area contributed by atoms with Gasteiger partial charge in [0.15, 0.2) is 0 Å². The van der Waals surface area contributed by atoms with Crippen molar-refractivity contribution < 1.29 is 0 Å². The number of aromatic nitrogens is 2. The first-order valence-electron chi connectivity index (χ1n) is 7.05. The van der Waals surface area contributed by atoms with Crippen LogP contribution in [0.3, 0.4) is 0 Å². The van der Waals surface area contributed by atoms with E-state index < -0.39 is 0 Å². The van der Waals surface area contributed by atoms with Crippen molar-refractivity contribution in [3.05, 3.63) is 18.2 Å². The van der Waals surface area contributed by atoms with Gasteiger partial charge in [-0.05, 0) is 38.0 Å². The molecule has 3 unspecified atom stereocenters. The number of nitrogens with zero attached hydrogens (tertiary/aromatic N) is 2. The lowest BCUT2D eigenvalue weighted by molar-refractivity contribution is 0.291. The Morgan fingerprint density at radius 2 is 2.12 bits per heavy atom. The Bertz CT molecular complexity index is 373. The van der Waals surface area contributed by atoms with Gasteiger partial charge in [0.25, 0.3) is 0 Å². The zero-order chi connectivity index (χ0) is 11.8. The van der Waals surface area contributed by atoms with Crippen LogP contribution >= 0.6 is 0 Å². The summed E-state index contributed by atoms with van der Waals surface area (Å²) in [7, 11) is 0. The molecule has 17 heavy (non-hydrogen) atoms. The molecule has 94 valence electrons. The molecule has 0 aliphatic carbocycles. The number of imidazole rings is 1. The Hall–Kier alpha value is -0.830. The van der Waals surface area contributed by atoms with Crippen LogP contribution in [0.15, 0.2) is 12.5 Å². The number of fused-ring (bicyclic) bond motifs is 2. The van der Waals surface area contributed by atoms with E-state index in [4.69, 9.17) is 0 Å². The second kappa shape index (κ2) is 4.45. The fourth-order valence-electron chi connectivity index (χ4n) is 3.47. The van der Waals surface area contributed by atoms with Crippen LogP contribution in [0.2, 0.25) is 0 Å². The molecule has 3 heterocycles. The topological polar surface area (TPSA) is 29.9 Å². The zero-order valence-electron chi connectivity index (χ0n) is 10.9. The van der Waals surface area contributed by atoms with Crippen LogP contribution in [-0.2, 0) is 0 Å². The lowest BCUT2D eigenvalue weighted by atomic mass is 9.98. The molecule has 3 heteroatoms. The Labute approximate surface area is 104 Å². The Morgan fingerprint density at radius 1 is 1.41 bits per heavy atom. The molecule has 0 aromatic carbocycles. The molecule has 1 N–H and O–H groups in total. The minimum Gasteiger partial charge on any atom is -0.331 e. The minimum atomic E-state index is 0.630. The summed E-state index contributed by atoms with van der Waals surface area (Å²) in [6, 6.07) is 2.19. The van der Waals surface area contributed by atoms with E-state index in [2.05, 4.69) is 41.2 Å². The lowest BCUT2D eigenvalue weighted by Crippen LogP contribution is -2.39. The molecule has 1 aromatic rings. The highest BCUT2D eigenvalue weighted by molar-refractivity contribution is 5.08. The maximum Gasteiger partial charge on any atom is 0.0950 e. The fourth-order valence-corrected chi connectivity index (χ4v) is 3.47. The van der Waals surface area contributed by atoms with Gasteiger partial charge < -0.3 is 9.88 Å². The van der Waals surface area contributed by atoms with E-state index >= 15 is 0 Å². The van der Waals surface area contributed by atoms with E-state index in [-0.39, 0.29) is 0 Å². The highest BCUT2D eigenvalue weighted by Crippen LogP contribution is 2.35. The van der Waals surface area contributed by atoms with Crippen molar-refractivity contribution in [2.75, 3.05) is 0 Å². The predicted octanol–water partition coefficient (Wildman–Crippen LogP) is 2.85. The molecular weight excluding hydrogens is 210 g/mol. The van der Waals surface area contributed by atoms with Crippen molar-refractivity contribution in [1.82, 2.24) is 14.9 Å². The van der Waals surface area contributed by atoms with Crippen molar-refractivity contribution in [2.45, 2.75) is 70.0 Å². The molecule has 2 bridgehead atoms. The second-order valence-electron chi connectivity index (χ2n) is 5.80. The first-order chi connectivity index (χ1) is 8.28. The smallest absolute Gasteiger partial charge is 0.0950 e. The molecule has 3 nitrogen and oxygen atoms in total. The maximum absolute atomic E-state index is 4.38.